The number of aromatic amines is 1. The van der Waals surface area contributed by atoms with Crippen molar-refractivity contribution in [3.05, 3.63) is 60.2 Å². The third-order valence-corrected chi connectivity index (χ3v) is 4.73. The minimum absolute atomic E-state index is 0.00810. The maximum atomic E-state index is 14.9. The summed E-state index contributed by atoms with van der Waals surface area (Å²) in [6, 6.07) is 6.23. The van der Waals surface area contributed by atoms with Gasteiger partial charge in [0.1, 0.15) is 5.69 Å². The first kappa shape index (κ1) is 17.3. The van der Waals surface area contributed by atoms with E-state index in [-0.39, 0.29) is 23.3 Å². The van der Waals surface area contributed by atoms with E-state index in [4.69, 9.17) is 0 Å². The SMILES string of the molecule is O=C1[C@@H](Cc2ccc(F)nc2)CCCN1c1n[nH]c(-c2ccncc2)c1F. The summed E-state index contributed by atoms with van der Waals surface area (Å²) in [6.45, 7) is 0.411. The molecule has 1 N–H and O–H groups in total. The summed E-state index contributed by atoms with van der Waals surface area (Å²) >= 11 is 0. The van der Waals surface area contributed by atoms with Gasteiger partial charge in [0.05, 0.1) is 0 Å². The summed E-state index contributed by atoms with van der Waals surface area (Å²) < 4.78 is 27.9. The number of nitrogens with one attached hydrogen (secondary N) is 1. The molecule has 3 aromatic rings. The van der Waals surface area contributed by atoms with Crippen LogP contribution in [0.3, 0.4) is 0 Å². The van der Waals surface area contributed by atoms with Gasteiger partial charge in [0.15, 0.2) is 11.6 Å². The normalized spacial score (nSPS) is 17.3. The zero-order valence-electron chi connectivity index (χ0n) is 14.4. The molecule has 1 fully saturated rings. The van der Waals surface area contributed by atoms with E-state index in [0.29, 0.717) is 24.9 Å². The van der Waals surface area contributed by atoms with Crippen LogP contribution in [0, 0.1) is 17.7 Å². The molecule has 0 aromatic carbocycles. The number of anilines is 1. The number of rotatable bonds is 4. The largest absolute Gasteiger partial charge is 0.293 e. The summed E-state index contributed by atoms with van der Waals surface area (Å²) in [7, 11) is 0. The quantitative estimate of drug-likeness (QED) is 0.717. The van der Waals surface area contributed by atoms with E-state index in [1.807, 2.05) is 0 Å². The number of carbonyl (C=O) groups excluding carboxylic acids is 1. The smallest absolute Gasteiger partial charge is 0.231 e. The number of H-pyrrole nitrogens is 1. The Morgan fingerprint density at radius 2 is 2.00 bits per heavy atom. The fourth-order valence-corrected chi connectivity index (χ4v) is 3.37. The number of aromatic nitrogens is 4. The van der Waals surface area contributed by atoms with Crippen molar-refractivity contribution in [1.29, 1.82) is 0 Å². The lowest BCUT2D eigenvalue weighted by atomic mass is 9.91. The van der Waals surface area contributed by atoms with Gasteiger partial charge in [0.25, 0.3) is 0 Å². The van der Waals surface area contributed by atoms with Crippen LogP contribution in [0.25, 0.3) is 11.3 Å². The van der Waals surface area contributed by atoms with Crippen LogP contribution in [0.5, 0.6) is 0 Å². The van der Waals surface area contributed by atoms with Crippen molar-refractivity contribution >= 4 is 11.7 Å². The zero-order chi connectivity index (χ0) is 18.8. The maximum absolute atomic E-state index is 14.9. The molecule has 1 saturated heterocycles. The summed E-state index contributed by atoms with van der Waals surface area (Å²) in [5.41, 5.74) is 1.61. The van der Waals surface area contributed by atoms with Crippen molar-refractivity contribution < 1.29 is 13.6 Å². The highest BCUT2D eigenvalue weighted by Crippen LogP contribution is 2.31. The topological polar surface area (TPSA) is 74.8 Å². The number of pyridine rings is 2. The minimum atomic E-state index is -0.558. The molecule has 6 nitrogen and oxygen atoms in total. The summed E-state index contributed by atoms with van der Waals surface area (Å²) in [5, 5.41) is 6.72. The second kappa shape index (κ2) is 7.22. The molecule has 27 heavy (non-hydrogen) atoms. The van der Waals surface area contributed by atoms with E-state index in [1.165, 1.54) is 17.2 Å². The molecule has 0 aliphatic carbocycles. The summed E-state index contributed by atoms with van der Waals surface area (Å²) in [5.74, 6) is -1.60. The second-order valence-electron chi connectivity index (χ2n) is 6.49. The van der Waals surface area contributed by atoms with Gasteiger partial charge in [-0.1, -0.05) is 6.07 Å². The van der Waals surface area contributed by atoms with Gasteiger partial charge in [-0.2, -0.15) is 9.49 Å². The van der Waals surface area contributed by atoms with Gasteiger partial charge in [0, 0.05) is 36.6 Å². The Morgan fingerprint density at radius 1 is 1.19 bits per heavy atom. The average Bonchev–Trinajstić information content (AvgIpc) is 3.07. The van der Waals surface area contributed by atoms with Crippen LogP contribution in [-0.2, 0) is 11.2 Å². The van der Waals surface area contributed by atoms with Gasteiger partial charge in [-0.15, -0.1) is 0 Å². The predicted octanol–water partition coefficient (Wildman–Crippen LogP) is 3.13. The lowest BCUT2D eigenvalue weighted by molar-refractivity contribution is -0.123. The van der Waals surface area contributed by atoms with E-state index in [2.05, 4.69) is 20.2 Å². The third-order valence-electron chi connectivity index (χ3n) is 4.73. The number of piperidine rings is 1. The highest BCUT2D eigenvalue weighted by Gasteiger charge is 2.33. The third kappa shape index (κ3) is 3.42. The van der Waals surface area contributed by atoms with Gasteiger partial charge < -0.3 is 0 Å². The molecule has 1 amide bonds. The van der Waals surface area contributed by atoms with Crippen molar-refractivity contribution in [3.8, 4) is 11.3 Å². The number of amides is 1. The molecule has 8 heteroatoms. The molecule has 0 saturated carbocycles. The Bertz CT molecular complexity index is 942. The summed E-state index contributed by atoms with van der Waals surface area (Å²) in [4.78, 5) is 21.8. The van der Waals surface area contributed by atoms with Gasteiger partial charge in [0.2, 0.25) is 11.9 Å². The number of carbonyl (C=O) groups is 1. The van der Waals surface area contributed by atoms with Crippen LogP contribution in [0.1, 0.15) is 18.4 Å². The second-order valence-corrected chi connectivity index (χ2v) is 6.49. The van der Waals surface area contributed by atoms with Crippen LogP contribution in [0.2, 0.25) is 0 Å². The molecule has 4 rings (SSSR count). The maximum Gasteiger partial charge on any atom is 0.231 e. The molecule has 0 bridgehead atoms. The molecule has 0 radical (unpaired) electrons. The van der Waals surface area contributed by atoms with Gasteiger partial charge >= 0.3 is 0 Å². The molecule has 0 spiro atoms. The molecule has 138 valence electrons. The minimum Gasteiger partial charge on any atom is -0.293 e. The molecule has 4 heterocycles. The Balaban J connectivity index is 1.56. The fraction of sp³-hybridized carbons (Fsp3) is 0.263. The van der Waals surface area contributed by atoms with Gasteiger partial charge in [-0.05, 0) is 43.0 Å². The average molecular weight is 369 g/mol. The summed E-state index contributed by atoms with van der Waals surface area (Å²) in [6.07, 6.45) is 6.42. The van der Waals surface area contributed by atoms with Crippen molar-refractivity contribution in [3.63, 3.8) is 0 Å². The first-order valence-corrected chi connectivity index (χ1v) is 8.69. The standard InChI is InChI=1S/C19H17F2N5O/c20-15-4-3-12(11-23-15)10-14-2-1-9-26(19(14)27)18-16(21)17(24-25-18)13-5-7-22-8-6-13/h3-8,11,14H,1-2,9-10H2,(H,24,25)/t14-/m1/s1. The molecule has 1 aliphatic heterocycles. The Morgan fingerprint density at radius 3 is 2.74 bits per heavy atom. The number of hydrogen-bond acceptors (Lipinski definition) is 4. The first-order valence-electron chi connectivity index (χ1n) is 8.69. The predicted molar refractivity (Wildman–Crippen MR) is 94.8 cm³/mol. The van der Waals surface area contributed by atoms with E-state index in [1.54, 1.807) is 30.6 Å². The van der Waals surface area contributed by atoms with E-state index >= 15 is 0 Å². The molecule has 0 unspecified atom stereocenters. The van der Waals surface area contributed by atoms with Crippen LogP contribution in [0.4, 0.5) is 14.6 Å². The first-order chi connectivity index (χ1) is 13.1. The highest BCUT2D eigenvalue weighted by atomic mass is 19.1. The van der Waals surface area contributed by atoms with Crippen LogP contribution < -0.4 is 4.90 Å². The molecular formula is C19H17F2N5O. The number of halogens is 2. The highest BCUT2D eigenvalue weighted by molar-refractivity contribution is 5.95. The van der Waals surface area contributed by atoms with Crippen molar-refractivity contribution in [2.45, 2.75) is 19.3 Å². The van der Waals surface area contributed by atoms with Crippen LogP contribution in [-0.4, -0.2) is 32.6 Å². The Labute approximate surface area is 154 Å². The Kier molecular flexibility index (Phi) is 4.62. The van der Waals surface area contributed by atoms with E-state index in [9.17, 15) is 13.6 Å². The van der Waals surface area contributed by atoms with Crippen molar-refractivity contribution in [2.75, 3.05) is 11.4 Å². The Hall–Kier alpha value is -3.16. The lowest BCUT2D eigenvalue weighted by Crippen LogP contribution is -2.42. The van der Waals surface area contributed by atoms with Crippen molar-refractivity contribution in [2.24, 2.45) is 5.92 Å². The van der Waals surface area contributed by atoms with Gasteiger partial charge in [-0.3, -0.25) is 19.8 Å². The molecular weight excluding hydrogens is 352 g/mol. The fourth-order valence-electron chi connectivity index (χ4n) is 3.37. The lowest BCUT2D eigenvalue weighted by Gasteiger charge is -2.30. The molecule has 1 atom stereocenters. The van der Waals surface area contributed by atoms with E-state index in [0.717, 1.165) is 12.0 Å². The van der Waals surface area contributed by atoms with Crippen LogP contribution >= 0.6 is 0 Å². The monoisotopic (exact) mass is 369 g/mol. The van der Waals surface area contributed by atoms with E-state index < -0.39 is 11.8 Å². The zero-order valence-corrected chi connectivity index (χ0v) is 14.4. The molecule has 3 aromatic heterocycles. The number of hydrogen-bond donors (Lipinski definition) is 1. The van der Waals surface area contributed by atoms with Crippen LogP contribution in [0.15, 0.2) is 42.9 Å². The van der Waals surface area contributed by atoms with Gasteiger partial charge in [-0.25, -0.2) is 9.37 Å². The van der Waals surface area contributed by atoms with Crippen molar-refractivity contribution in [1.82, 2.24) is 20.2 Å². The molecule has 1 aliphatic rings. The number of nitrogens with zero attached hydrogens (tertiary/aromatic N) is 4.